The first kappa shape index (κ1) is 8.31. The summed E-state index contributed by atoms with van der Waals surface area (Å²) in [5, 5.41) is 18.1. The molecule has 13 heavy (non-hydrogen) atoms. The minimum Gasteiger partial charge on any atom is -0.504 e. The second kappa shape index (κ2) is 2.35. The number of nitrogens with two attached hydrogens (primary N) is 1. The molecule has 0 aliphatic heterocycles. The van der Waals surface area contributed by atoms with Crippen LogP contribution in [0.4, 0.5) is 4.39 Å². The molecule has 1 aromatic carbocycles. The van der Waals surface area contributed by atoms with Gasteiger partial charge in [-0.05, 0) is 18.9 Å². The quantitative estimate of drug-likeness (QED) is 0.573. The highest BCUT2D eigenvalue weighted by Gasteiger charge is 2.42. The third-order valence-corrected chi connectivity index (χ3v) is 2.42. The molecular formula is C9H10FNO2. The largest absolute Gasteiger partial charge is 0.504 e. The van der Waals surface area contributed by atoms with E-state index in [-0.39, 0.29) is 5.56 Å². The lowest BCUT2D eigenvalue weighted by Crippen LogP contribution is -2.20. The van der Waals surface area contributed by atoms with Crippen molar-refractivity contribution in [1.82, 2.24) is 0 Å². The number of benzene rings is 1. The summed E-state index contributed by atoms with van der Waals surface area (Å²) in [5.74, 6) is -1.97. The van der Waals surface area contributed by atoms with Crippen molar-refractivity contribution in [3.63, 3.8) is 0 Å². The van der Waals surface area contributed by atoms with E-state index >= 15 is 0 Å². The fourth-order valence-electron chi connectivity index (χ4n) is 1.34. The number of hydrogen-bond acceptors (Lipinski definition) is 3. The zero-order valence-corrected chi connectivity index (χ0v) is 6.92. The standard InChI is InChI=1S/C9H10FNO2/c10-7-5(9(11)3-4-9)1-2-6(12)8(7)13/h1-2,12-13H,3-4,11H2. The minimum atomic E-state index is -0.806. The highest BCUT2D eigenvalue weighted by atomic mass is 19.1. The van der Waals surface area contributed by atoms with Crippen molar-refractivity contribution < 1.29 is 14.6 Å². The molecule has 3 nitrogen and oxygen atoms in total. The molecule has 0 radical (unpaired) electrons. The number of halogens is 1. The normalized spacial score (nSPS) is 18.6. The third kappa shape index (κ3) is 1.14. The minimum absolute atomic E-state index is 0.280. The van der Waals surface area contributed by atoms with Gasteiger partial charge in [0, 0.05) is 11.1 Å². The monoisotopic (exact) mass is 183 g/mol. The van der Waals surface area contributed by atoms with E-state index in [1.807, 2.05) is 0 Å². The molecule has 70 valence electrons. The SMILES string of the molecule is NC1(c2ccc(O)c(O)c2F)CC1. The van der Waals surface area contributed by atoms with E-state index < -0.39 is 22.9 Å². The van der Waals surface area contributed by atoms with Crippen molar-refractivity contribution in [3.05, 3.63) is 23.5 Å². The predicted octanol–water partition coefficient (Wildman–Crippen LogP) is 1.18. The van der Waals surface area contributed by atoms with Gasteiger partial charge >= 0.3 is 0 Å². The van der Waals surface area contributed by atoms with Gasteiger partial charge in [-0.3, -0.25) is 0 Å². The topological polar surface area (TPSA) is 66.5 Å². The van der Waals surface area contributed by atoms with Crippen molar-refractivity contribution in [2.75, 3.05) is 0 Å². The Morgan fingerprint density at radius 2 is 1.92 bits per heavy atom. The number of phenolic OH excluding ortho intramolecular Hbond substituents is 2. The first-order valence-corrected chi connectivity index (χ1v) is 4.04. The van der Waals surface area contributed by atoms with Crippen LogP contribution in [-0.4, -0.2) is 10.2 Å². The second-order valence-electron chi connectivity index (χ2n) is 3.45. The Balaban J connectivity index is 2.54. The average Bonchev–Trinajstić information content (AvgIpc) is 2.80. The Kier molecular flexibility index (Phi) is 1.51. The van der Waals surface area contributed by atoms with Crippen LogP contribution >= 0.6 is 0 Å². The molecular weight excluding hydrogens is 173 g/mol. The lowest BCUT2D eigenvalue weighted by Gasteiger charge is -2.11. The molecule has 0 spiro atoms. The van der Waals surface area contributed by atoms with E-state index in [0.717, 1.165) is 0 Å². The van der Waals surface area contributed by atoms with E-state index in [1.54, 1.807) is 0 Å². The van der Waals surface area contributed by atoms with Crippen LogP contribution in [-0.2, 0) is 5.54 Å². The molecule has 1 fully saturated rings. The molecule has 0 bridgehead atoms. The summed E-state index contributed by atoms with van der Waals surface area (Å²) < 4.78 is 13.3. The Morgan fingerprint density at radius 1 is 1.31 bits per heavy atom. The fraction of sp³-hybridized carbons (Fsp3) is 0.333. The van der Waals surface area contributed by atoms with Gasteiger partial charge in [0.2, 0.25) is 0 Å². The highest BCUT2D eigenvalue weighted by Crippen LogP contribution is 2.46. The van der Waals surface area contributed by atoms with E-state index in [1.165, 1.54) is 12.1 Å². The molecule has 0 amide bonds. The van der Waals surface area contributed by atoms with Crippen LogP contribution in [0.1, 0.15) is 18.4 Å². The van der Waals surface area contributed by atoms with Crippen LogP contribution in [0.3, 0.4) is 0 Å². The summed E-state index contributed by atoms with van der Waals surface area (Å²) in [6.45, 7) is 0. The van der Waals surface area contributed by atoms with Gasteiger partial charge in [-0.2, -0.15) is 0 Å². The van der Waals surface area contributed by atoms with E-state index in [2.05, 4.69) is 0 Å². The van der Waals surface area contributed by atoms with Gasteiger partial charge in [0.05, 0.1) is 0 Å². The van der Waals surface area contributed by atoms with Crippen molar-refractivity contribution in [2.24, 2.45) is 5.73 Å². The van der Waals surface area contributed by atoms with Crippen LogP contribution in [0.15, 0.2) is 12.1 Å². The number of aromatic hydroxyl groups is 2. The Bertz CT molecular complexity index is 361. The summed E-state index contributed by atoms with van der Waals surface area (Å²) in [4.78, 5) is 0. The fourth-order valence-corrected chi connectivity index (χ4v) is 1.34. The van der Waals surface area contributed by atoms with E-state index in [0.29, 0.717) is 12.8 Å². The van der Waals surface area contributed by atoms with Crippen molar-refractivity contribution >= 4 is 0 Å². The number of rotatable bonds is 1. The van der Waals surface area contributed by atoms with Crippen LogP contribution in [0.5, 0.6) is 11.5 Å². The number of hydrogen-bond donors (Lipinski definition) is 3. The molecule has 0 heterocycles. The lowest BCUT2D eigenvalue weighted by molar-refractivity contribution is 0.374. The van der Waals surface area contributed by atoms with Gasteiger partial charge in [0.25, 0.3) is 0 Å². The molecule has 4 heteroatoms. The van der Waals surface area contributed by atoms with Gasteiger partial charge in [-0.15, -0.1) is 0 Å². The van der Waals surface area contributed by atoms with Gasteiger partial charge < -0.3 is 15.9 Å². The van der Waals surface area contributed by atoms with Gasteiger partial charge in [-0.25, -0.2) is 4.39 Å². The smallest absolute Gasteiger partial charge is 0.194 e. The molecule has 2 rings (SSSR count). The summed E-state index contributed by atoms with van der Waals surface area (Å²) in [6.07, 6.45) is 1.43. The second-order valence-corrected chi connectivity index (χ2v) is 3.45. The predicted molar refractivity (Wildman–Crippen MR) is 44.8 cm³/mol. The van der Waals surface area contributed by atoms with Crippen LogP contribution < -0.4 is 5.73 Å². The molecule has 1 saturated carbocycles. The molecule has 0 aromatic heterocycles. The van der Waals surface area contributed by atoms with Gasteiger partial charge in [0.1, 0.15) is 0 Å². The highest BCUT2D eigenvalue weighted by molar-refractivity contribution is 5.46. The van der Waals surface area contributed by atoms with Crippen molar-refractivity contribution in [3.8, 4) is 11.5 Å². The van der Waals surface area contributed by atoms with Crippen LogP contribution in [0, 0.1) is 5.82 Å². The molecule has 4 N–H and O–H groups in total. The maximum Gasteiger partial charge on any atom is 0.194 e. The van der Waals surface area contributed by atoms with Crippen LogP contribution in [0.25, 0.3) is 0 Å². The molecule has 1 aliphatic carbocycles. The first-order chi connectivity index (χ1) is 6.04. The Hall–Kier alpha value is -1.29. The maximum atomic E-state index is 13.3. The third-order valence-electron chi connectivity index (χ3n) is 2.42. The summed E-state index contributed by atoms with van der Waals surface area (Å²) in [7, 11) is 0. The first-order valence-electron chi connectivity index (χ1n) is 4.04. The number of phenols is 2. The summed E-state index contributed by atoms with van der Waals surface area (Å²) in [5.41, 5.74) is 5.41. The van der Waals surface area contributed by atoms with Gasteiger partial charge in [0.15, 0.2) is 17.3 Å². The molecule has 0 unspecified atom stereocenters. The van der Waals surface area contributed by atoms with Crippen LogP contribution in [0.2, 0.25) is 0 Å². The summed E-state index contributed by atoms with van der Waals surface area (Å²) >= 11 is 0. The summed E-state index contributed by atoms with van der Waals surface area (Å²) in [6, 6.07) is 2.66. The molecule has 1 aliphatic rings. The Morgan fingerprint density at radius 3 is 2.46 bits per heavy atom. The Labute approximate surface area is 74.6 Å². The molecule has 0 saturated heterocycles. The van der Waals surface area contributed by atoms with Gasteiger partial charge in [-0.1, -0.05) is 6.07 Å². The van der Waals surface area contributed by atoms with Crippen molar-refractivity contribution in [2.45, 2.75) is 18.4 Å². The zero-order chi connectivity index (χ0) is 9.64. The molecule has 1 aromatic rings. The van der Waals surface area contributed by atoms with Crippen molar-refractivity contribution in [1.29, 1.82) is 0 Å². The van der Waals surface area contributed by atoms with E-state index in [9.17, 15) is 4.39 Å². The molecule has 0 atom stereocenters. The average molecular weight is 183 g/mol. The zero-order valence-electron chi connectivity index (χ0n) is 6.92. The lowest BCUT2D eigenvalue weighted by atomic mass is 10.0. The van der Waals surface area contributed by atoms with E-state index in [4.69, 9.17) is 15.9 Å². The maximum absolute atomic E-state index is 13.3.